The molecule has 0 aliphatic rings. The first-order chi connectivity index (χ1) is 7.17. The average molecular weight is 241 g/mol. The fourth-order valence-corrected chi connectivity index (χ4v) is 1.20. The summed E-state index contributed by atoms with van der Waals surface area (Å²) in [5.74, 6) is -0.431. The maximum Gasteiger partial charge on any atom is 0.322 e. The molecule has 0 aliphatic carbocycles. The lowest BCUT2D eigenvalue weighted by molar-refractivity contribution is -0.142. The average Bonchev–Trinajstić information content (AvgIpc) is 2.29. The summed E-state index contributed by atoms with van der Waals surface area (Å²) in [4.78, 5) is 11.0. The van der Waals surface area contributed by atoms with Gasteiger partial charge >= 0.3 is 5.97 Å². The SMILES string of the molecule is COC(=O)C(N)Cc1ccc(C#N)cc1.Cl. The van der Waals surface area contributed by atoms with Crippen molar-refractivity contribution in [2.45, 2.75) is 12.5 Å². The number of hydrogen-bond acceptors (Lipinski definition) is 4. The third kappa shape index (κ3) is 3.89. The van der Waals surface area contributed by atoms with E-state index in [1.54, 1.807) is 24.3 Å². The quantitative estimate of drug-likeness (QED) is 0.801. The number of carbonyl (C=O) groups excluding carboxylic acids is 1. The number of nitrogens with two attached hydrogens (primary N) is 1. The number of rotatable bonds is 3. The topological polar surface area (TPSA) is 76.1 Å². The van der Waals surface area contributed by atoms with Crippen LogP contribution in [0.25, 0.3) is 0 Å². The minimum absolute atomic E-state index is 0. The van der Waals surface area contributed by atoms with Crippen molar-refractivity contribution in [3.05, 3.63) is 35.4 Å². The lowest BCUT2D eigenvalue weighted by Gasteiger charge is -2.08. The highest BCUT2D eigenvalue weighted by Gasteiger charge is 2.13. The van der Waals surface area contributed by atoms with Crippen LogP contribution in [0, 0.1) is 11.3 Å². The Morgan fingerprint density at radius 2 is 2.06 bits per heavy atom. The normalized spacial score (nSPS) is 10.8. The molecule has 1 atom stereocenters. The summed E-state index contributed by atoms with van der Waals surface area (Å²) in [6, 6.07) is 8.31. The van der Waals surface area contributed by atoms with Crippen molar-refractivity contribution in [3.63, 3.8) is 0 Å². The summed E-state index contributed by atoms with van der Waals surface area (Å²) in [6.07, 6.45) is 0.415. The molecule has 0 fully saturated rings. The number of hydrogen-bond donors (Lipinski definition) is 1. The standard InChI is InChI=1S/C11H12N2O2.ClH/c1-15-11(14)10(13)6-8-2-4-9(7-12)5-3-8;/h2-5,10H,6,13H2,1H3;1H. The monoisotopic (exact) mass is 240 g/mol. The molecule has 0 heterocycles. The van der Waals surface area contributed by atoms with E-state index in [0.717, 1.165) is 5.56 Å². The van der Waals surface area contributed by atoms with Crippen LogP contribution in [-0.4, -0.2) is 19.1 Å². The van der Waals surface area contributed by atoms with Gasteiger partial charge in [0.15, 0.2) is 0 Å². The number of carbonyl (C=O) groups is 1. The Bertz CT molecular complexity index is 384. The van der Waals surface area contributed by atoms with Crippen molar-refractivity contribution in [1.82, 2.24) is 0 Å². The van der Waals surface area contributed by atoms with Gasteiger partial charge in [-0.15, -0.1) is 12.4 Å². The molecule has 1 rings (SSSR count). The lowest BCUT2D eigenvalue weighted by Crippen LogP contribution is -2.33. The summed E-state index contributed by atoms with van der Waals surface area (Å²) in [6.45, 7) is 0. The van der Waals surface area contributed by atoms with Crippen molar-refractivity contribution in [3.8, 4) is 6.07 Å². The molecule has 1 unspecified atom stereocenters. The van der Waals surface area contributed by atoms with Gasteiger partial charge in [0.2, 0.25) is 0 Å². The second-order valence-corrected chi connectivity index (χ2v) is 3.14. The fraction of sp³-hybridized carbons (Fsp3) is 0.273. The molecule has 0 saturated carbocycles. The summed E-state index contributed by atoms with van der Waals surface area (Å²) in [5, 5.41) is 8.59. The molecule has 0 spiro atoms. The zero-order valence-corrected chi connectivity index (χ0v) is 9.66. The van der Waals surface area contributed by atoms with Gasteiger partial charge < -0.3 is 10.5 Å². The first-order valence-electron chi connectivity index (χ1n) is 4.50. The molecule has 1 aromatic rings. The fourth-order valence-electron chi connectivity index (χ4n) is 1.20. The zero-order chi connectivity index (χ0) is 11.3. The van der Waals surface area contributed by atoms with Crippen molar-refractivity contribution < 1.29 is 9.53 Å². The molecular formula is C11H13ClN2O2. The Hall–Kier alpha value is -1.57. The van der Waals surface area contributed by atoms with Gasteiger partial charge in [0.05, 0.1) is 18.7 Å². The van der Waals surface area contributed by atoms with E-state index in [0.29, 0.717) is 12.0 Å². The smallest absolute Gasteiger partial charge is 0.322 e. The van der Waals surface area contributed by atoms with E-state index in [2.05, 4.69) is 4.74 Å². The van der Waals surface area contributed by atoms with Crippen LogP contribution < -0.4 is 5.73 Å². The number of esters is 1. The van der Waals surface area contributed by atoms with Crippen LogP contribution >= 0.6 is 12.4 Å². The lowest BCUT2D eigenvalue weighted by atomic mass is 10.1. The summed E-state index contributed by atoms with van der Waals surface area (Å²) in [7, 11) is 1.31. The minimum atomic E-state index is -0.650. The zero-order valence-electron chi connectivity index (χ0n) is 8.84. The van der Waals surface area contributed by atoms with Crippen LogP contribution in [0.3, 0.4) is 0 Å². The third-order valence-corrected chi connectivity index (χ3v) is 2.04. The van der Waals surface area contributed by atoms with Gasteiger partial charge in [-0.05, 0) is 24.1 Å². The Balaban J connectivity index is 0.00000225. The molecule has 86 valence electrons. The predicted octanol–water partition coefficient (Wildman–Crippen LogP) is 1.02. The Morgan fingerprint density at radius 1 is 1.50 bits per heavy atom. The van der Waals surface area contributed by atoms with Gasteiger partial charge in [-0.1, -0.05) is 12.1 Å². The number of benzene rings is 1. The molecule has 0 amide bonds. The minimum Gasteiger partial charge on any atom is -0.468 e. The molecule has 4 nitrogen and oxygen atoms in total. The maximum absolute atomic E-state index is 11.0. The Kier molecular flexibility index (Phi) is 6.16. The Morgan fingerprint density at radius 3 is 2.50 bits per heavy atom. The van der Waals surface area contributed by atoms with E-state index in [1.165, 1.54) is 7.11 Å². The molecule has 0 aliphatic heterocycles. The van der Waals surface area contributed by atoms with Gasteiger partial charge in [0.1, 0.15) is 6.04 Å². The van der Waals surface area contributed by atoms with E-state index in [1.807, 2.05) is 6.07 Å². The molecule has 5 heteroatoms. The van der Waals surface area contributed by atoms with E-state index >= 15 is 0 Å². The van der Waals surface area contributed by atoms with Crippen molar-refractivity contribution in [2.75, 3.05) is 7.11 Å². The molecular weight excluding hydrogens is 228 g/mol. The van der Waals surface area contributed by atoms with Crippen LogP contribution in [0.15, 0.2) is 24.3 Å². The van der Waals surface area contributed by atoms with Crippen LogP contribution in [0.5, 0.6) is 0 Å². The first-order valence-corrected chi connectivity index (χ1v) is 4.50. The number of methoxy groups -OCH3 is 1. The Labute approximate surface area is 100 Å². The van der Waals surface area contributed by atoms with E-state index in [4.69, 9.17) is 11.0 Å². The number of halogens is 1. The van der Waals surface area contributed by atoms with Gasteiger partial charge in [-0.25, -0.2) is 0 Å². The molecule has 0 aromatic heterocycles. The van der Waals surface area contributed by atoms with Crippen LogP contribution in [0.1, 0.15) is 11.1 Å². The first kappa shape index (κ1) is 14.4. The molecule has 0 saturated heterocycles. The maximum atomic E-state index is 11.0. The highest BCUT2D eigenvalue weighted by atomic mass is 35.5. The molecule has 16 heavy (non-hydrogen) atoms. The van der Waals surface area contributed by atoms with E-state index in [9.17, 15) is 4.79 Å². The summed E-state index contributed by atoms with van der Waals surface area (Å²) >= 11 is 0. The summed E-state index contributed by atoms with van der Waals surface area (Å²) in [5.41, 5.74) is 7.09. The molecule has 1 aromatic carbocycles. The van der Waals surface area contributed by atoms with Gasteiger partial charge in [0, 0.05) is 0 Å². The highest BCUT2D eigenvalue weighted by Crippen LogP contribution is 2.06. The second-order valence-electron chi connectivity index (χ2n) is 3.14. The van der Waals surface area contributed by atoms with Crippen LogP contribution in [-0.2, 0) is 16.0 Å². The highest BCUT2D eigenvalue weighted by molar-refractivity contribution is 5.85. The van der Waals surface area contributed by atoms with Crippen LogP contribution in [0.2, 0.25) is 0 Å². The number of nitriles is 1. The molecule has 2 N–H and O–H groups in total. The van der Waals surface area contributed by atoms with Gasteiger partial charge in [-0.3, -0.25) is 4.79 Å². The third-order valence-electron chi connectivity index (χ3n) is 2.04. The van der Waals surface area contributed by atoms with Crippen molar-refractivity contribution in [1.29, 1.82) is 5.26 Å². The van der Waals surface area contributed by atoms with E-state index < -0.39 is 12.0 Å². The van der Waals surface area contributed by atoms with Crippen LogP contribution in [0.4, 0.5) is 0 Å². The van der Waals surface area contributed by atoms with Crippen molar-refractivity contribution in [2.24, 2.45) is 5.73 Å². The molecule has 0 radical (unpaired) electrons. The number of ether oxygens (including phenoxy) is 1. The van der Waals surface area contributed by atoms with E-state index in [-0.39, 0.29) is 12.4 Å². The van der Waals surface area contributed by atoms with Gasteiger partial charge in [0.25, 0.3) is 0 Å². The summed E-state index contributed by atoms with van der Waals surface area (Å²) < 4.78 is 4.51. The van der Waals surface area contributed by atoms with Crippen molar-refractivity contribution >= 4 is 18.4 Å². The number of nitrogens with zero attached hydrogens (tertiary/aromatic N) is 1. The largest absolute Gasteiger partial charge is 0.468 e. The van der Waals surface area contributed by atoms with Gasteiger partial charge in [-0.2, -0.15) is 5.26 Å². The second kappa shape index (κ2) is 6.83. The molecule has 0 bridgehead atoms. The predicted molar refractivity (Wildman–Crippen MR) is 62.1 cm³/mol.